The maximum atomic E-state index is 13.2. The van der Waals surface area contributed by atoms with E-state index in [1.54, 1.807) is 11.8 Å². The minimum Gasteiger partial charge on any atom is -0.483 e. The van der Waals surface area contributed by atoms with Crippen molar-refractivity contribution < 1.29 is 14.3 Å². The molecule has 31 heavy (non-hydrogen) atoms. The van der Waals surface area contributed by atoms with Gasteiger partial charge in [0.15, 0.2) is 6.61 Å². The Morgan fingerprint density at radius 1 is 1.06 bits per heavy atom. The minimum absolute atomic E-state index is 0.134. The molecular formula is C25H33BrN2O3. The van der Waals surface area contributed by atoms with Crippen LogP contribution in [0, 0.1) is 0 Å². The Hall–Kier alpha value is -2.34. The van der Waals surface area contributed by atoms with E-state index in [1.165, 1.54) is 0 Å². The molecule has 0 heterocycles. The molecule has 0 aliphatic heterocycles. The molecule has 0 spiro atoms. The Morgan fingerprint density at radius 2 is 1.74 bits per heavy atom. The van der Waals surface area contributed by atoms with Crippen LogP contribution in [0.25, 0.3) is 0 Å². The summed E-state index contributed by atoms with van der Waals surface area (Å²) in [7, 11) is 0. The molecule has 5 nitrogen and oxygen atoms in total. The van der Waals surface area contributed by atoms with Crippen LogP contribution in [0.1, 0.15) is 58.6 Å². The summed E-state index contributed by atoms with van der Waals surface area (Å²) in [5.41, 5.74) is 1.59. The van der Waals surface area contributed by atoms with Gasteiger partial charge in [-0.2, -0.15) is 0 Å². The third kappa shape index (κ3) is 7.69. The molecule has 0 fully saturated rings. The van der Waals surface area contributed by atoms with E-state index in [0.717, 1.165) is 15.6 Å². The Labute approximate surface area is 194 Å². The molecule has 2 aromatic carbocycles. The van der Waals surface area contributed by atoms with Gasteiger partial charge in [0.25, 0.3) is 5.91 Å². The van der Waals surface area contributed by atoms with Crippen LogP contribution in [0.4, 0.5) is 0 Å². The fraction of sp³-hybridized carbons (Fsp3) is 0.440. The molecule has 0 unspecified atom stereocenters. The molecule has 0 saturated carbocycles. The second-order valence-corrected chi connectivity index (χ2v) is 9.96. The number of halogens is 1. The Balaban J connectivity index is 2.22. The van der Waals surface area contributed by atoms with Crippen LogP contribution in [0.2, 0.25) is 0 Å². The van der Waals surface area contributed by atoms with Gasteiger partial charge in [-0.1, -0.05) is 60.1 Å². The molecule has 2 aromatic rings. The highest BCUT2D eigenvalue weighted by atomic mass is 79.9. The first-order valence-corrected chi connectivity index (χ1v) is 11.3. The molecule has 0 aliphatic carbocycles. The van der Waals surface area contributed by atoms with Crippen molar-refractivity contribution in [2.75, 3.05) is 6.61 Å². The van der Waals surface area contributed by atoms with Crippen LogP contribution in [-0.4, -0.2) is 34.9 Å². The van der Waals surface area contributed by atoms with E-state index in [4.69, 9.17) is 4.74 Å². The van der Waals surface area contributed by atoms with E-state index in [9.17, 15) is 9.59 Å². The van der Waals surface area contributed by atoms with Gasteiger partial charge >= 0.3 is 0 Å². The van der Waals surface area contributed by atoms with Crippen LogP contribution in [-0.2, 0) is 16.1 Å². The van der Waals surface area contributed by atoms with Gasteiger partial charge in [0.05, 0.1) is 0 Å². The summed E-state index contributed by atoms with van der Waals surface area (Å²) in [4.78, 5) is 27.6. The summed E-state index contributed by atoms with van der Waals surface area (Å²) in [6, 6.07) is 14.8. The highest BCUT2D eigenvalue weighted by Crippen LogP contribution is 2.26. The lowest BCUT2D eigenvalue weighted by Crippen LogP contribution is -2.53. The molecule has 168 valence electrons. The highest BCUT2D eigenvalue weighted by Gasteiger charge is 2.29. The maximum Gasteiger partial charge on any atom is 0.261 e. The highest BCUT2D eigenvalue weighted by molar-refractivity contribution is 9.10. The molecule has 0 radical (unpaired) electrons. The zero-order chi connectivity index (χ0) is 23.2. The first-order chi connectivity index (χ1) is 14.5. The Kier molecular flexibility index (Phi) is 8.69. The number of carbonyl (C=O) groups excluding carboxylic acids is 2. The molecule has 1 N–H and O–H groups in total. The molecule has 0 bridgehead atoms. The number of amides is 2. The lowest BCUT2D eigenvalue weighted by Gasteiger charge is -2.31. The average molecular weight is 489 g/mol. The minimum atomic E-state index is -0.644. The van der Waals surface area contributed by atoms with Gasteiger partial charge in [0.1, 0.15) is 11.8 Å². The van der Waals surface area contributed by atoms with Crippen molar-refractivity contribution >= 4 is 27.7 Å². The van der Waals surface area contributed by atoms with Crippen LogP contribution in [0.15, 0.2) is 53.0 Å². The van der Waals surface area contributed by atoms with E-state index in [1.807, 2.05) is 69.3 Å². The summed E-state index contributed by atoms with van der Waals surface area (Å²) in [5.74, 6) is 0.536. The number of hydrogen-bond acceptors (Lipinski definition) is 3. The molecule has 2 amide bonds. The van der Waals surface area contributed by atoms with Crippen LogP contribution in [0.5, 0.6) is 5.75 Å². The quantitative estimate of drug-likeness (QED) is 0.549. The number of para-hydroxylation sites is 1. The molecule has 0 aliphatic rings. The second-order valence-electron chi connectivity index (χ2n) is 9.05. The standard InChI is InChI=1S/C25H33BrN2O3/c1-17(2)21-12-7-8-13-22(21)31-16-23(29)28(15-19-10-9-11-20(26)14-19)18(3)24(30)27-25(4,5)6/h7-14,17-18H,15-16H2,1-6H3,(H,27,30)/t18-/m0/s1. The SMILES string of the molecule is CC(C)c1ccccc1OCC(=O)N(Cc1cccc(Br)c1)[C@@H](C)C(=O)NC(C)(C)C. The topological polar surface area (TPSA) is 58.6 Å². The number of nitrogens with one attached hydrogen (secondary N) is 1. The molecule has 2 rings (SSSR count). The van der Waals surface area contributed by atoms with Gasteiger partial charge in [-0.25, -0.2) is 0 Å². The third-order valence-corrected chi connectivity index (χ3v) is 5.29. The van der Waals surface area contributed by atoms with E-state index >= 15 is 0 Å². The van der Waals surface area contributed by atoms with Crippen molar-refractivity contribution in [2.45, 2.75) is 65.6 Å². The molecule has 6 heteroatoms. The predicted molar refractivity (Wildman–Crippen MR) is 128 cm³/mol. The zero-order valence-corrected chi connectivity index (χ0v) is 20.8. The van der Waals surface area contributed by atoms with Crippen LogP contribution in [0.3, 0.4) is 0 Å². The smallest absolute Gasteiger partial charge is 0.261 e. The summed E-state index contributed by atoms with van der Waals surface area (Å²) in [6.07, 6.45) is 0. The Bertz CT molecular complexity index is 906. The molecule has 1 atom stereocenters. The van der Waals surface area contributed by atoms with Crippen LogP contribution < -0.4 is 10.1 Å². The van der Waals surface area contributed by atoms with Crippen molar-refractivity contribution in [1.82, 2.24) is 10.2 Å². The van der Waals surface area contributed by atoms with Crippen molar-refractivity contribution in [3.8, 4) is 5.75 Å². The maximum absolute atomic E-state index is 13.2. The largest absolute Gasteiger partial charge is 0.483 e. The van der Waals surface area contributed by atoms with E-state index in [0.29, 0.717) is 12.3 Å². The van der Waals surface area contributed by atoms with Gasteiger partial charge < -0.3 is 15.0 Å². The second kappa shape index (κ2) is 10.8. The summed E-state index contributed by atoms with van der Waals surface area (Å²) < 4.78 is 6.82. The molecule has 0 aromatic heterocycles. The number of benzene rings is 2. The predicted octanol–water partition coefficient (Wildman–Crippen LogP) is 5.28. The number of nitrogens with zero attached hydrogens (tertiary/aromatic N) is 1. The monoisotopic (exact) mass is 488 g/mol. The average Bonchev–Trinajstić information content (AvgIpc) is 2.68. The number of hydrogen-bond donors (Lipinski definition) is 1. The van der Waals surface area contributed by atoms with Gasteiger partial charge in [-0.3, -0.25) is 9.59 Å². The fourth-order valence-electron chi connectivity index (χ4n) is 3.20. The van der Waals surface area contributed by atoms with Crippen molar-refractivity contribution in [3.05, 3.63) is 64.1 Å². The van der Waals surface area contributed by atoms with E-state index < -0.39 is 6.04 Å². The van der Waals surface area contributed by atoms with Gasteiger partial charge in [0.2, 0.25) is 5.91 Å². The van der Waals surface area contributed by atoms with Gasteiger partial charge in [-0.05, 0) is 62.9 Å². The first-order valence-electron chi connectivity index (χ1n) is 10.6. The van der Waals surface area contributed by atoms with Crippen molar-refractivity contribution in [2.24, 2.45) is 0 Å². The van der Waals surface area contributed by atoms with Crippen molar-refractivity contribution in [3.63, 3.8) is 0 Å². The Morgan fingerprint density at radius 3 is 2.35 bits per heavy atom. The third-order valence-electron chi connectivity index (χ3n) is 4.80. The number of carbonyl (C=O) groups is 2. The molecule has 0 saturated heterocycles. The lowest BCUT2D eigenvalue weighted by atomic mass is 10.0. The van der Waals surface area contributed by atoms with Crippen molar-refractivity contribution in [1.29, 1.82) is 0 Å². The van der Waals surface area contributed by atoms with Crippen LogP contribution >= 0.6 is 15.9 Å². The summed E-state index contributed by atoms with van der Waals surface area (Å²) in [5, 5.41) is 2.97. The fourth-order valence-corrected chi connectivity index (χ4v) is 3.65. The lowest BCUT2D eigenvalue weighted by molar-refractivity contribution is -0.142. The molecular weight excluding hydrogens is 456 g/mol. The number of ether oxygens (including phenoxy) is 1. The zero-order valence-electron chi connectivity index (χ0n) is 19.2. The van der Waals surface area contributed by atoms with Gasteiger partial charge in [0, 0.05) is 16.6 Å². The normalized spacial score (nSPS) is 12.4. The summed E-state index contributed by atoms with van der Waals surface area (Å²) in [6.45, 7) is 11.9. The first kappa shape index (κ1) is 24.9. The summed E-state index contributed by atoms with van der Waals surface area (Å²) >= 11 is 3.47. The van der Waals surface area contributed by atoms with E-state index in [2.05, 4.69) is 35.1 Å². The number of rotatable bonds is 8. The van der Waals surface area contributed by atoms with E-state index in [-0.39, 0.29) is 29.9 Å². The van der Waals surface area contributed by atoms with Gasteiger partial charge in [-0.15, -0.1) is 0 Å².